The maximum Gasteiger partial charge on any atom is 0.250 e. The van der Waals surface area contributed by atoms with Gasteiger partial charge < -0.3 is 10.6 Å². The van der Waals surface area contributed by atoms with Gasteiger partial charge in [-0.1, -0.05) is 25.1 Å². The summed E-state index contributed by atoms with van der Waals surface area (Å²) < 4.78 is 1.84. The summed E-state index contributed by atoms with van der Waals surface area (Å²) in [7, 11) is 1.93. The minimum atomic E-state index is -0.582. The van der Waals surface area contributed by atoms with Gasteiger partial charge >= 0.3 is 0 Å². The predicted molar refractivity (Wildman–Crippen MR) is 119 cm³/mol. The first-order chi connectivity index (χ1) is 14.7. The molecule has 0 bridgehead atoms. The van der Waals surface area contributed by atoms with Crippen molar-refractivity contribution in [2.45, 2.75) is 57.7 Å². The Kier molecular flexibility index (Phi) is 4.22. The fourth-order valence-corrected chi connectivity index (χ4v) is 5.44. The number of aryl methyl sites for hydroxylation is 2. The topological polar surface area (TPSA) is 83.7 Å². The number of benzene rings is 1. The average molecular weight is 417 g/mol. The van der Waals surface area contributed by atoms with E-state index in [4.69, 9.17) is 0 Å². The minimum absolute atomic E-state index is 0.0187. The second-order valence-electron chi connectivity index (χ2n) is 9.37. The molecule has 2 N–H and O–H groups in total. The molecule has 0 aliphatic carbocycles. The first-order valence-corrected chi connectivity index (χ1v) is 10.8. The van der Waals surface area contributed by atoms with Crippen LogP contribution in [0.25, 0.3) is 11.1 Å². The van der Waals surface area contributed by atoms with Crippen LogP contribution >= 0.6 is 0 Å². The van der Waals surface area contributed by atoms with Gasteiger partial charge in [-0.2, -0.15) is 15.3 Å². The van der Waals surface area contributed by atoms with Crippen molar-refractivity contribution in [1.82, 2.24) is 20.4 Å². The molecule has 0 saturated heterocycles. The number of carbonyl (C=O) groups is 1. The largest absolute Gasteiger partial charge is 0.362 e. The number of carbonyl (C=O) groups excluding carboxylic acids is 1. The Hall–Kier alpha value is -3.22. The van der Waals surface area contributed by atoms with Gasteiger partial charge in [-0.05, 0) is 44.4 Å². The lowest BCUT2D eigenvalue weighted by molar-refractivity contribution is -0.120. The minimum Gasteiger partial charge on any atom is -0.362 e. The third-order valence-corrected chi connectivity index (χ3v) is 6.71. The van der Waals surface area contributed by atoms with Gasteiger partial charge in [0.05, 0.1) is 22.9 Å². The highest BCUT2D eigenvalue weighted by Gasteiger charge is 2.53. The normalized spacial score (nSPS) is 26.2. The lowest BCUT2D eigenvalue weighted by Crippen LogP contribution is -2.58. The van der Waals surface area contributed by atoms with E-state index in [0.29, 0.717) is 0 Å². The van der Waals surface area contributed by atoms with E-state index in [-0.39, 0.29) is 17.6 Å². The molecular formula is C24H28N6O. The summed E-state index contributed by atoms with van der Waals surface area (Å²) in [6.45, 7) is 8.27. The van der Waals surface area contributed by atoms with E-state index in [2.05, 4.69) is 71.0 Å². The number of hydrogen-bond acceptors (Lipinski definition) is 5. The van der Waals surface area contributed by atoms with E-state index in [1.165, 1.54) is 0 Å². The van der Waals surface area contributed by atoms with E-state index < -0.39 is 5.41 Å². The van der Waals surface area contributed by atoms with Gasteiger partial charge in [-0.25, -0.2) is 0 Å². The highest BCUT2D eigenvalue weighted by molar-refractivity contribution is 6.00. The van der Waals surface area contributed by atoms with E-state index in [0.717, 1.165) is 52.1 Å². The third-order valence-electron chi connectivity index (χ3n) is 6.71. The van der Waals surface area contributed by atoms with Crippen molar-refractivity contribution in [2.24, 2.45) is 17.3 Å². The highest BCUT2D eigenvalue weighted by atomic mass is 16.2. The monoisotopic (exact) mass is 416 g/mol. The summed E-state index contributed by atoms with van der Waals surface area (Å²) in [6, 6.07) is 8.50. The van der Waals surface area contributed by atoms with Crippen molar-refractivity contribution >= 4 is 5.91 Å². The summed E-state index contributed by atoms with van der Waals surface area (Å²) in [4.78, 5) is 13.5. The molecule has 31 heavy (non-hydrogen) atoms. The molecule has 1 aromatic heterocycles. The Morgan fingerprint density at radius 1 is 1.29 bits per heavy atom. The standard InChI is InChI=1S/C24H28N6O/c1-6-24(16-9-7-8-15(10-16)17-13-30(5)29-14(17)2)18-12-25-28-21(18)26-19-11-23(3,4)27-22(31)20(19)24/h7-10,12-13,21,26H,6,11H2,1-5H3,(H,27,31). The number of nitrogens with one attached hydrogen (secondary N) is 2. The molecule has 3 aliphatic rings. The highest BCUT2D eigenvalue weighted by Crippen LogP contribution is 2.51. The van der Waals surface area contributed by atoms with Gasteiger partial charge in [-0.3, -0.25) is 9.48 Å². The van der Waals surface area contributed by atoms with E-state index in [1.54, 1.807) is 0 Å². The molecule has 3 aliphatic heterocycles. The van der Waals surface area contributed by atoms with E-state index in [9.17, 15) is 4.79 Å². The van der Waals surface area contributed by atoms with Gasteiger partial charge in [0.25, 0.3) is 5.91 Å². The van der Waals surface area contributed by atoms with Gasteiger partial charge in [-0.15, -0.1) is 0 Å². The number of aromatic nitrogens is 2. The molecule has 7 nitrogen and oxygen atoms in total. The average Bonchev–Trinajstić information content (AvgIpc) is 3.31. The fraction of sp³-hybridized carbons (Fsp3) is 0.417. The maximum absolute atomic E-state index is 13.5. The van der Waals surface area contributed by atoms with Crippen molar-refractivity contribution in [1.29, 1.82) is 0 Å². The second kappa shape index (κ2) is 6.64. The lowest BCUT2D eigenvalue weighted by Gasteiger charge is -2.48. The summed E-state index contributed by atoms with van der Waals surface area (Å²) in [5.74, 6) is -0.0187. The van der Waals surface area contributed by atoms with Crippen molar-refractivity contribution < 1.29 is 4.79 Å². The molecule has 1 aromatic carbocycles. The molecule has 0 fully saturated rings. The SMILES string of the molecule is CCC1(c2cccc(-c3cn(C)nc3C)c2)C2=CN=NC2NC2=C1C(=O)NC(C)(C)C2. The summed E-state index contributed by atoms with van der Waals surface area (Å²) in [6.07, 6.45) is 5.11. The van der Waals surface area contributed by atoms with Crippen LogP contribution in [0, 0.1) is 6.92 Å². The zero-order valence-corrected chi connectivity index (χ0v) is 18.7. The Labute approximate surface area is 182 Å². The van der Waals surface area contributed by atoms with Crippen LogP contribution < -0.4 is 10.6 Å². The Bertz CT molecular complexity index is 1180. The number of hydrogen-bond donors (Lipinski definition) is 2. The van der Waals surface area contributed by atoms with Gasteiger partial charge in [0.2, 0.25) is 0 Å². The van der Waals surface area contributed by atoms with Crippen molar-refractivity contribution in [3.63, 3.8) is 0 Å². The van der Waals surface area contributed by atoms with Crippen LogP contribution in [0.3, 0.4) is 0 Å². The zero-order chi connectivity index (χ0) is 22.0. The number of rotatable bonds is 3. The number of nitrogens with zero attached hydrogens (tertiary/aromatic N) is 4. The van der Waals surface area contributed by atoms with Crippen LogP contribution in [0.4, 0.5) is 0 Å². The summed E-state index contributed by atoms with van der Waals surface area (Å²) in [5, 5.41) is 19.9. The Morgan fingerprint density at radius 2 is 2.10 bits per heavy atom. The Morgan fingerprint density at radius 3 is 2.81 bits per heavy atom. The molecule has 5 rings (SSSR count). The predicted octanol–water partition coefficient (Wildman–Crippen LogP) is 3.87. The third kappa shape index (κ3) is 2.86. The van der Waals surface area contributed by atoms with Crippen molar-refractivity contribution in [3.8, 4) is 11.1 Å². The second-order valence-corrected chi connectivity index (χ2v) is 9.37. The molecule has 0 spiro atoms. The first-order valence-electron chi connectivity index (χ1n) is 10.8. The van der Waals surface area contributed by atoms with Crippen LogP contribution in [-0.4, -0.2) is 27.4 Å². The van der Waals surface area contributed by atoms with Gasteiger partial charge in [0.1, 0.15) is 0 Å². The van der Waals surface area contributed by atoms with Crippen molar-refractivity contribution in [2.75, 3.05) is 0 Å². The van der Waals surface area contributed by atoms with Gasteiger partial charge in [0, 0.05) is 42.0 Å². The number of azo groups is 1. The fourth-order valence-electron chi connectivity index (χ4n) is 5.44. The number of fused-ring (bicyclic) bond motifs is 1. The molecule has 2 atom stereocenters. The molecule has 4 heterocycles. The molecule has 2 unspecified atom stereocenters. The van der Waals surface area contributed by atoms with Crippen LogP contribution in [0.15, 0.2) is 63.7 Å². The quantitative estimate of drug-likeness (QED) is 0.797. The van der Waals surface area contributed by atoms with Crippen LogP contribution in [0.1, 0.15) is 44.9 Å². The van der Waals surface area contributed by atoms with Gasteiger partial charge in [0.15, 0.2) is 6.17 Å². The molecule has 0 radical (unpaired) electrons. The van der Waals surface area contributed by atoms with Crippen molar-refractivity contribution in [3.05, 3.63) is 64.8 Å². The molecule has 2 aromatic rings. The molecule has 0 saturated carbocycles. The molecule has 7 heteroatoms. The van der Waals surface area contributed by atoms with E-state index >= 15 is 0 Å². The summed E-state index contributed by atoms with van der Waals surface area (Å²) >= 11 is 0. The number of amides is 1. The maximum atomic E-state index is 13.5. The first kappa shape index (κ1) is 19.7. The van der Waals surface area contributed by atoms with E-state index in [1.807, 2.05) is 31.1 Å². The van der Waals surface area contributed by atoms with Crippen LogP contribution in [0.2, 0.25) is 0 Å². The molecular weight excluding hydrogens is 388 g/mol. The zero-order valence-electron chi connectivity index (χ0n) is 18.7. The lowest BCUT2D eigenvalue weighted by atomic mass is 9.62. The van der Waals surface area contributed by atoms with Crippen LogP contribution in [0.5, 0.6) is 0 Å². The van der Waals surface area contributed by atoms with Crippen LogP contribution in [-0.2, 0) is 17.3 Å². The summed E-state index contributed by atoms with van der Waals surface area (Å²) in [5.41, 5.74) is 6.17. The smallest absolute Gasteiger partial charge is 0.250 e. The molecule has 1 amide bonds. The molecule has 160 valence electrons. The Balaban J connectivity index is 1.74.